The van der Waals surface area contributed by atoms with Crippen LogP contribution >= 0.6 is 35.3 Å². The highest BCUT2D eigenvalue weighted by Gasteiger charge is 2.34. The Morgan fingerprint density at radius 3 is 2.64 bits per heavy atom. The van der Waals surface area contributed by atoms with Crippen molar-refractivity contribution in [3.8, 4) is 0 Å². The zero-order valence-corrected chi connectivity index (χ0v) is 20.5. The molecule has 1 aliphatic heterocycles. The molecule has 28 heavy (non-hydrogen) atoms. The van der Waals surface area contributed by atoms with E-state index in [1.165, 1.54) is 48.5 Å². The third kappa shape index (κ3) is 7.42. The Hall–Kier alpha value is -0.450. The summed E-state index contributed by atoms with van der Waals surface area (Å²) in [5, 5.41) is 8.27. The van der Waals surface area contributed by atoms with Gasteiger partial charge in [0.25, 0.3) is 0 Å². The number of aliphatic imine (C=N–C) groups is 1. The Morgan fingerprint density at radius 2 is 2.00 bits per heavy atom. The van der Waals surface area contributed by atoms with Crippen LogP contribution in [0, 0.1) is 12.3 Å². The average Bonchev–Trinajstić information content (AvgIpc) is 3.11. The van der Waals surface area contributed by atoms with Crippen molar-refractivity contribution in [1.82, 2.24) is 20.5 Å². The molecule has 0 amide bonds. The predicted octanol–water partition coefficient (Wildman–Crippen LogP) is 3.06. The van der Waals surface area contributed by atoms with Crippen LogP contribution < -0.4 is 10.6 Å². The third-order valence-electron chi connectivity index (χ3n) is 5.73. The molecule has 160 valence electrons. The standard InChI is InChI=1S/C20H35N5OS.HI/c1-17-14-23-18(27-17)6-9-22-19(21-2)24-15-20(7-4-3-5-8-20)16-25-10-12-26-13-11-25;/h14H,3-13,15-16H2,1-2H3,(H2,21,22,24);1H. The molecule has 1 saturated carbocycles. The summed E-state index contributed by atoms with van der Waals surface area (Å²) in [6.07, 6.45) is 9.59. The second-order valence-electron chi connectivity index (χ2n) is 7.92. The molecule has 1 aromatic rings. The normalized spacial score (nSPS) is 20.4. The van der Waals surface area contributed by atoms with Crippen LogP contribution in [0.15, 0.2) is 11.2 Å². The van der Waals surface area contributed by atoms with Gasteiger partial charge in [-0.15, -0.1) is 35.3 Å². The van der Waals surface area contributed by atoms with Gasteiger partial charge in [0.05, 0.1) is 18.2 Å². The van der Waals surface area contributed by atoms with Gasteiger partial charge in [-0.1, -0.05) is 19.3 Å². The van der Waals surface area contributed by atoms with Gasteiger partial charge in [0.2, 0.25) is 0 Å². The number of halogens is 1. The van der Waals surface area contributed by atoms with E-state index in [9.17, 15) is 0 Å². The van der Waals surface area contributed by atoms with E-state index in [0.29, 0.717) is 5.41 Å². The van der Waals surface area contributed by atoms with Crippen molar-refractivity contribution in [3.05, 3.63) is 16.1 Å². The molecule has 0 unspecified atom stereocenters. The van der Waals surface area contributed by atoms with Crippen molar-refractivity contribution < 1.29 is 4.74 Å². The van der Waals surface area contributed by atoms with Crippen LogP contribution in [0.4, 0.5) is 0 Å². The number of thiazole rings is 1. The van der Waals surface area contributed by atoms with Gasteiger partial charge in [-0.3, -0.25) is 9.89 Å². The maximum absolute atomic E-state index is 5.53. The second kappa shape index (κ2) is 12.3. The highest BCUT2D eigenvalue weighted by Crippen LogP contribution is 2.36. The van der Waals surface area contributed by atoms with Crippen LogP contribution in [0.1, 0.15) is 42.0 Å². The number of guanidine groups is 1. The SMILES string of the molecule is CN=C(NCCc1ncc(C)s1)NCC1(CN2CCOCC2)CCCCC1.I. The fraction of sp³-hybridized carbons (Fsp3) is 0.800. The molecule has 0 bridgehead atoms. The number of aryl methyl sites for hydroxylation is 1. The van der Waals surface area contributed by atoms with E-state index in [2.05, 4.69) is 32.4 Å². The molecule has 0 aromatic carbocycles. The minimum atomic E-state index is 0. The molecule has 2 fully saturated rings. The minimum absolute atomic E-state index is 0. The summed E-state index contributed by atoms with van der Waals surface area (Å²) in [6.45, 7) is 9.05. The Labute approximate surface area is 190 Å². The maximum Gasteiger partial charge on any atom is 0.191 e. The number of nitrogens with zero attached hydrogens (tertiary/aromatic N) is 3. The summed E-state index contributed by atoms with van der Waals surface area (Å²) in [4.78, 5) is 12.7. The van der Waals surface area contributed by atoms with Crippen LogP contribution in [0.5, 0.6) is 0 Å². The van der Waals surface area contributed by atoms with E-state index < -0.39 is 0 Å². The second-order valence-corrected chi connectivity index (χ2v) is 9.24. The van der Waals surface area contributed by atoms with E-state index in [-0.39, 0.29) is 24.0 Å². The van der Waals surface area contributed by atoms with Crippen molar-refractivity contribution in [1.29, 1.82) is 0 Å². The van der Waals surface area contributed by atoms with Crippen LogP contribution in [0.3, 0.4) is 0 Å². The molecule has 0 radical (unpaired) electrons. The highest BCUT2D eigenvalue weighted by atomic mass is 127. The fourth-order valence-corrected chi connectivity index (χ4v) is 5.01. The van der Waals surface area contributed by atoms with E-state index in [4.69, 9.17) is 4.74 Å². The molecule has 2 aliphatic rings. The molecule has 8 heteroatoms. The van der Waals surface area contributed by atoms with Crippen LogP contribution in [-0.4, -0.2) is 68.8 Å². The summed E-state index contributed by atoms with van der Waals surface area (Å²) in [5.74, 6) is 0.912. The molecule has 3 rings (SSSR count). The van der Waals surface area contributed by atoms with Crippen molar-refractivity contribution in [2.24, 2.45) is 10.4 Å². The largest absolute Gasteiger partial charge is 0.379 e. The summed E-state index contributed by atoms with van der Waals surface area (Å²) in [6, 6.07) is 0. The number of hydrogen-bond donors (Lipinski definition) is 2. The zero-order valence-electron chi connectivity index (χ0n) is 17.3. The summed E-state index contributed by atoms with van der Waals surface area (Å²) >= 11 is 1.77. The molecule has 2 N–H and O–H groups in total. The third-order valence-corrected chi connectivity index (χ3v) is 6.70. The Morgan fingerprint density at radius 1 is 1.25 bits per heavy atom. The predicted molar refractivity (Wildman–Crippen MR) is 128 cm³/mol. The number of hydrogen-bond acceptors (Lipinski definition) is 5. The van der Waals surface area contributed by atoms with Crippen molar-refractivity contribution in [2.45, 2.75) is 45.4 Å². The molecule has 1 aliphatic carbocycles. The lowest BCUT2D eigenvalue weighted by atomic mass is 9.73. The van der Waals surface area contributed by atoms with Gasteiger partial charge in [-0.25, -0.2) is 4.98 Å². The van der Waals surface area contributed by atoms with Crippen LogP contribution in [0.2, 0.25) is 0 Å². The smallest absolute Gasteiger partial charge is 0.191 e. The van der Waals surface area contributed by atoms with Gasteiger partial charge >= 0.3 is 0 Å². The maximum atomic E-state index is 5.53. The lowest BCUT2D eigenvalue weighted by Gasteiger charge is -2.42. The van der Waals surface area contributed by atoms with Gasteiger partial charge < -0.3 is 15.4 Å². The lowest BCUT2D eigenvalue weighted by Crippen LogP contribution is -2.51. The highest BCUT2D eigenvalue weighted by molar-refractivity contribution is 14.0. The zero-order chi connectivity index (χ0) is 19.0. The molecule has 0 atom stereocenters. The first-order chi connectivity index (χ1) is 13.2. The van der Waals surface area contributed by atoms with E-state index >= 15 is 0 Å². The number of nitrogens with one attached hydrogen (secondary N) is 2. The molecule has 1 saturated heterocycles. The van der Waals surface area contributed by atoms with Crippen molar-refractivity contribution in [2.75, 3.05) is 53.0 Å². The Balaban J connectivity index is 0.00000280. The lowest BCUT2D eigenvalue weighted by molar-refractivity contribution is 0.00820. The van der Waals surface area contributed by atoms with Gasteiger partial charge in [-0.05, 0) is 19.8 Å². The van der Waals surface area contributed by atoms with Crippen LogP contribution in [0.25, 0.3) is 0 Å². The summed E-state index contributed by atoms with van der Waals surface area (Å²) < 4.78 is 5.53. The first kappa shape index (κ1) is 23.8. The number of aromatic nitrogens is 1. The van der Waals surface area contributed by atoms with E-state index in [0.717, 1.165) is 51.8 Å². The Bertz CT molecular complexity index is 597. The average molecular weight is 522 g/mol. The summed E-state index contributed by atoms with van der Waals surface area (Å²) in [5.41, 5.74) is 0.361. The molecule has 0 spiro atoms. The molecule has 2 heterocycles. The van der Waals surface area contributed by atoms with Gasteiger partial charge in [0.15, 0.2) is 5.96 Å². The van der Waals surface area contributed by atoms with Gasteiger partial charge in [-0.2, -0.15) is 0 Å². The quantitative estimate of drug-likeness (QED) is 0.328. The molecular formula is C20H36IN5OS. The fourth-order valence-electron chi connectivity index (χ4n) is 4.22. The summed E-state index contributed by atoms with van der Waals surface area (Å²) in [7, 11) is 1.86. The first-order valence-electron chi connectivity index (χ1n) is 10.4. The number of morpholine rings is 1. The van der Waals surface area contributed by atoms with E-state index in [1.54, 1.807) is 11.3 Å². The van der Waals surface area contributed by atoms with Gasteiger partial charge in [0.1, 0.15) is 0 Å². The monoisotopic (exact) mass is 521 g/mol. The van der Waals surface area contributed by atoms with E-state index in [1.807, 2.05) is 13.2 Å². The topological polar surface area (TPSA) is 61.8 Å². The van der Waals surface area contributed by atoms with Crippen molar-refractivity contribution >= 4 is 41.3 Å². The van der Waals surface area contributed by atoms with Crippen molar-refractivity contribution in [3.63, 3.8) is 0 Å². The Kier molecular flexibility index (Phi) is 10.5. The minimum Gasteiger partial charge on any atom is -0.379 e. The molecule has 1 aromatic heterocycles. The number of ether oxygens (including phenoxy) is 1. The van der Waals surface area contributed by atoms with Crippen LogP contribution in [-0.2, 0) is 11.2 Å². The number of rotatable bonds is 7. The molecular weight excluding hydrogens is 485 g/mol. The first-order valence-corrected chi connectivity index (χ1v) is 11.2. The molecule has 6 nitrogen and oxygen atoms in total. The van der Waals surface area contributed by atoms with Gasteiger partial charge in [0, 0.05) is 62.7 Å².